The van der Waals surface area contributed by atoms with Crippen molar-refractivity contribution in [2.45, 2.75) is 26.2 Å². The van der Waals surface area contributed by atoms with Gasteiger partial charge in [-0.25, -0.2) is 4.98 Å². The quantitative estimate of drug-likeness (QED) is 0.727. The van der Waals surface area contributed by atoms with E-state index in [9.17, 15) is 4.79 Å². The molecule has 0 spiro atoms. The Hall–Kier alpha value is -3.08. The van der Waals surface area contributed by atoms with Crippen molar-refractivity contribution in [3.63, 3.8) is 0 Å². The van der Waals surface area contributed by atoms with E-state index in [0.29, 0.717) is 17.2 Å². The third-order valence-electron chi connectivity index (χ3n) is 3.98. The van der Waals surface area contributed by atoms with Crippen molar-refractivity contribution in [2.24, 2.45) is 0 Å². The summed E-state index contributed by atoms with van der Waals surface area (Å²) in [7, 11) is 0. The molecule has 1 amide bonds. The average molecular weight is 350 g/mol. The molecule has 0 radical (unpaired) electrons. The number of carbonyl (C=O) groups is 1. The highest BCUT2D eigenvalue weighted by Gasteiger charge is 2.13. The van der Waals surface area contributed by atoms with Crippen molar-refractivity contribution < 1.29 is 13.9 Å². The van der Waals surface area contributed by atoms with Gasteiger partial charge < -0.3 is 14.5 Å². The summed E-state index contributed by atoms with van der Waals surface area (Å²) in [6.45, 7) is 6.43. The highest BCUT2D eigenvalue weighted by molar-refractivity contribution is 5.92. The smallest absolute Gasteiger partial charge is 0.262 e. The first-order chi connectivity index (χ1) is 12.4. The topological polar surface area (TPSA) is 64.4 Å². The predicted octanol–water partition coefficient (Wildman–Crippen LogP) is 4.66. The van der Waals surface area contributed by atoms with Crippen LogP contribution in [-0.2, 0) is 10.2 Å². The van der Waals surface area contributed by atoms with Crippen LogP contribution in [-0.4, -0.2) is 17.5 Å². The van der Waals surface area contributed by atoms with Gasteiger partial charge in [0.05, 0.1) is 6.20 Å². The zero-order chi connectivity index (χ0) is 18.6. The van der Waals surface area contributed by atoms with E-state index in [-0.39, 0.29) is 17.9 Å². The van der Waals surface area contributed by atoms with E-state index in [1.807, 2.05) is 48.5 Å². The Morgan fingerprint density at radius 3 is 2.35 bits per heavy atom. The number of oxazole rings is 1. The van der Waals surface area contributed by atoms with Crippen molar-refractivity contribution >= 4 is 11.6 Å². The highest BCUT2D eigenvalue weighted by atomic mass is 16.5. The Morgan fingerprint density at radius 1 is 1.08 bits per heavy atom. The molecule has 1 aromatic heterocycles. The molecule has 0 saturated heterocycles. The molecule has 3 rings (SSSR count). The van der Waals surface area contributed by atoms with Gasteiger partial charge in [0.2, 0.25) is 0 Å². The second-order valence-electron chi connectivity index (χ2n) is 7.05. The van der Waals surface area contributed by atoms with Gasteiger partial charge in [-0.2, -0.15) is 0 Å². The van der Waals surface area contributed by atoms with Crippen LogP contribution in [0.4, 0.5) is 5.69 Å². The molecule has 26 heavy (non-hydrogen) atoms. The molecular formula is C21H22N2O3. The Morgan fingerprint density at radius 2 is 1.77 bits per heavy atom. The lowest BCUT2D eigenvalue weighted by Crippen LogP contribution is -2.20. The van der Waals surface area contributed by atoms with Gasteiger partial charge in [0.1, 0.15) is 5.75 Å². The summed E-state index contributed by atoms with van der Waals surface area (Å²) in [5, 5.41) is 2.81. The van der Waals surface area contributed by atoms with Crippen molar-refractivity contribution in [1.82, 2.24) is 4.98 Å². The van der Waals surface area contributed by atoms with Crippen LogP contribution in [0.3, 0.4) is 0 Å². The Kier molecular flexibility index (Phi) is 5.07. The molecule has 5 heteroatoms. The third-order valence-corrected chi connectivity index (χ3v) is 3.98. The molecule has 0 aliphatic heterocycles. The molecule has 1 N–H and O–H groups in total. The Bertz CT molecular complexity index is 846. The first kappa shape index (κ1) is 17.7. The number of hydrogen-bond acceptors (Lipinski definition) is 4. The number of rotatable bonds is 5. The zero-order valence-electron chi connectivity index (χ0n) is 15.2. The molecule has 1 heterocycles. The van der Waals surface area contributed by atoms with Gasteiger partial charge in [0, 0.05) is 11.3 Å². The maximum atomic E-state index is 12.1. The number of anilines is 1. The van der Waals surface area contributed by atoms with Gasteiger partial charge in [0.15, 0.2) is 18.8 Å². The number of nitrogens with one attached hydrogen (secondary N) is 1. The first-order valence-electron chi connectivity index (χ1n) is 8.44. The fourth-order valence-electron chi connectivity index (χ4n) is 2.47. The average Bonchev–Trinajstić information content (AvgIpc) is 3.15. The van der Waals surface area contributed by atoms with E-state index in [0.717, 1.165) is 5.56 Å². The van der Waals surface area contributed by atoms with Gasteiger partial charge in [-0.15, -0.1) is 0 Å². The molecule has 2 aromatic carbocycles. The normalized spacial score (nSPS) is 11.2. The van der Waals surface area contributed by atoms with Gasteiger partial charge in [0.25, 0.3) is 5.91 Å². The fourth-order valence-corrected chi connectivity index (χ4v) is 2.47. The Labute approximate surface area is 153 Å². The standard InChI is InChI=1S/C21H22N2O3/c1-21(2,3)16-6-10-18(11-7-16)25-13-20(24)23-17-8-4-15(5-9-17)19-12-22-14-26-19/h4-12,14H,13H2,1-3H3,(H,23,24). The first-order valence-corrected chi connectivity index (χ1v) is 8.44. The minimum Gasteiger partial charge on any atom is -0.484 e. The van der Waals surface area contributed by atoms with Crippen LogP contribution >= 0.6 is 0 Å². The lowest BCUT2D eigenvalue weighted by molar-refractivity contribution is -0.118. The van der Waals surface area contributed by atoms with Crippen LogP contribution in [0.15, 0.2) is 65.5 Å². The molecule has 0 aliphatic rings. The van der Waals surface area contributed by atoms with E-state index in [2.05, 4.69) is 31.1 Å². The number of aromatic nitrogens is 1. The molecule has 0 unspecified atom stereocenters. The van der Waals surface area contributed by atoms with Gasteiger partial charge in [-0.05, 0) is 47.4 Å². The monoisotopic (exact) mass is 350 g/mol. The minimum absolute atomic E-state index is 0.0429. The number of amides is 1. The number of carbonyl (C=O) groups excluding carboxylic acids is 1. The molecule has 3 aromatic rings. The molecule has 0 bridgehead atoms. The van der Waals surface area contributed by atoms with Gasteiger partial charge >= 0.3 is 0 Å². The molecule has 5 nitrogen and oxygen atoms in total. The number of hydrogen-bond donors (Lipinski definition) is 1. The molecule has 134 valence electrons. The Balaban J connectivity index is 1.52. The van der Waals surface area contributed by atoms with Crippen molar-refractivity contribution in [3.8, 4) is 17.1 Å². The largest absolute Gasteiger partial charge is 0.484 e. The molecule has 0 fully saturated rings. The molecular weight excluding hydrogens is 328 g/mol. The molecule has 0 saturated carbocycles. The zero-order valence-corrected chi connectivity index (χ0v) is 15.2. The van der Waals surface area contributed by atoms with Gasteiger partial charge in [-0.1, -0.05) is 32.9 Å². The van der Waals surface area contributed by atoms with E-state index in [1.165, 1.54) is 12.0 Å². The summed E-state index contributed by atoms with van der Waals surface area (Å²) >= 11 is 0. The highest BCUT2D eigenvalue weighted by Crippen LogP contribution is 2.24. The van der Waals surface area contributed by atoms with Crippen molar-refractivity contribution in [3.05, 3.63) is 66.7 Å². The van der Waals surface area contributed by atoms with E-state index in [4.69, 9.17) is 9.15 Å². The number of benzene rings is 2. The van der Waals surface area contributed by atoms with Crippen molar-refractivity contribution in [1.29, 1.82) is 0 Å². The molecule has 0 aliphatic carbocycles. The van der Waals surface area contributed by atoms with E-state index in [1.54, 1.807) is 6.20 Å². The maximum Gasteiger partial charge on any atom is 0.262 e. The second kappa shape index (κ2) is 7.44. The summed E-state index contributed by atoms with van der Waals surface area (Å²) in [5.41, 5.74) is 2.91. The van der Waals surface area contributed by atoms with Crippen LogP contribution in [0.5, 0.6) is 5.75 Å². The predicted molar refractivity (Wildman–Crippen MR) is 101 cm³/mol. The van der Waals surface area contributed by atoms with E-state index >= 15 is 0 Å². The number of nitrogens with zero attached hydrogens (tertiary/aromatic N) is 1. The summed E-state index contributed by atoms with van der Waals surface area (Å²) in [6.07, 6.45) is 3.03. The second-order valence-corrected chi connectivity index (χ2v) is 7.05. The lowest BCUT2D eigenvalue weighted by Gasteiger charge is -2.19. The SMILES string of the molecule is CC(C)(C)c1ccc(OCC(=O)Nc2ccc(-c3cnco3)cc2)cc1. The van der Waals surface area contributed by atoms with Crippen LogP contribution in [0, 0.1) is 0 Å². The van der Waals surface area contributed by atoms with Crippen LogP contribution < -0.4 is 10.1 Å². The summed E-state index contributed by atoms with van der Waals surface area (Å²) in [4.78, 5) is 15.9. The summed E-state index contributed by atoms with van der Waals surface area (Å²) in [6, 6.07) is 15.2. The minimum atomic E-state index is -0.211. The lowest BCUT2D eigenvalue weighted by atomic mass is 9.87. The molecule has 0 atom stereocenters. The van der Waals surface area contributed by atoms with Crippen molar-refractivity contribution in [2.75, 3.05) is 11.9 Å². The van der Waals surface area contributed by atoms with Crippen LogP contribution in [0.2, 0.25) is 0 Å². The number of ether oxygens (including phenoxy) is 1. The van der Waals surface area contributed by atoms with E-state index < -0.39 is 0 Å². The van der Waals surface area contributed by atoms with Gasteiger partial charge in [-0.3, -0.25) is 4.79 Å². The summed E-state index contributed by atoms with van der Waals surface area (Å²) < 4.78 is 10.8. The van der Waals surface area contributed by atoms with Crippen LogP contribution in [0.25, 0.3) is 11.3 Å². The van der Waals surface area contributed by atoms with Crippen LogP contribution in [0.1, 0.15) is 26.3 Å². The fraction of sp³-hybridized carbons (Fsp3) is 0.238. The summed E-state index contributed by atoms with van der Waals surface area (Å²) in [5.74, 6) is 1.15. The maximum absolute atomic E-state index is 12.1. The third kappa shape index (κ3) is 4.51.